The van der Waals surface area contributed by atoms with E-state index in [0.29, 0.717) is 30.3 Å². The van der Waals surface area contributed by atoms with E-state index in [-0.39, 0.29) is 0 Å². The smallest absolute Gasteiger partial charge is 0.150 e. The summed E-state index contributed by atoms with van der Waals surface area (Å²) in [7, 11) is -0.850. The van der Waals surface area contributed by atoms with Crippen molar-refractivity contribution in [3.63, 3.8) is 0 Å². The molecular formula is C17H19N3O2S. The van der Waals surface area contributed by atoms with E-state index in [0.717, 1.165) is 16.9 Å². The molecule has 0 saturated carbocycles. The minimum atomic E-state index is -2.83. The predicted molar refractivity (Wildman–Crippen MR) is 91.1 cm³/mol. The van der Waals surface area contributed by atoms with Crippen molar-refractivity contribution >= 4 is 20.7 Å². The number of rotatable bonds is 2. The fraction of sp³-hybridized carbons (Fsp3) is 0.353. The SMILES string of the molecule is Cn1ccnc1-c1ccc2[nH]cc(C3CCS(=O)(=O)CC3)c2c1. The van der Waals surface area contributed by atoms with Crippen LogP contribution in [0.4, 0.5) is 0 Å². The third-order valence-corrected chi connectivity index (χ3v) is 6.50. The Balaban J connectivity index is 1.75. The van der Waals surface area contributed by atoms with Crippen LogP contribution < -0.4 is 0 Å². The zero-order valence-electron chi connectivity index (χ0n) is 13.0. The number of fused-ring (bicyclic) bond motifs is 1. The van der Waals surface area contributed by atoms with Crippen molar-refractivity contribution in [2.45, 2.75) is 18.8 Å². The molecule has 5 nitrogen and oxygen atoms in total. The van der Waals surface area contributed by atoms with Gasteiger partial charge in [0.05, 0.1) is 11.5 Å². The summed E-state index contributed by atoms with van der Waals surface area (Å²) >= 11 is 0. The number of aryl methyl sites for hydroxylation is 1. The quantitative estimate of drug-likeness (QED) is 0.786. The lowest BCUT2D eigenvalue weighted by atomic mass is 9.92. The van der Waals surface area contributed by atoms with Gasteiger partial charge in [0.2, 0.25) is 0 Å². The second-order valence-corrected chi connectivity index (χ2v) is 8.60. The molecule has 0 atom stereocenters. The maximum atomic E-state index is 11.7. The van der Waals surface area contributed by atoms with E-state index < -0.39 is 9.84 Å². The third-order valence-electron chi connectivity index (χ3n) is 4.79. The number of hydrogen-bond acceptors (Lipinski definition) is 3. The fourth-order valence-corrected chi connectivity index (χ4v) is 4.96. The number of hydrogen-bond donors (Lipinski definition) is 1. The Bertz CT molecular complexity index is 955. The molecule has 23 heavy (non-hydrogen) atoms. The van der Waals surface area contributed by atoms with Gasteiger partial charge in [0.25, 0.3) is 0 Å². The van der Waals surface area contributed by atoms with Crippen LogP contribution in [0.2, 0.25) is 0 Å². The number of sulfone groups is 1. The molecular weight excluding hydrogens is 310 g/mol. The van der Waals surface area contributed by atoms with Gasteiger partial charge in [-0.1, -0.05) is 0 Å². The molecule has 6 heteroatoms. The highest BCUT2D eigenvalue weighted by molar-refractivity contribution is 7.91. The lowest BCUT2D eigenvalue weighted by molar-refractivity contribution is 0.551. The number of aromatic nitrogens is 3. The average molecular weight is 329 g/mol. The number of aromatic amines is 1. The van der Waals surface area contributed by atoms with Gasteiger partial charge in [-0.2, -0.15) is 0 Å². The summed E-state index contributed by atoms with van der Waals surface area (Å²) in [4.78, 5) is 7.73. The van der Waals surface area contributed by atoms with Crippen molar-refractivity contribution in [2.75, 3.05) is 11.5 Å². The molecule has 4 rings (SSSR count). The van der Waals surface area contributed by atoms with E-state index in [1.54, 1.807) is 6.20 Å². The second kappa shape index (κ2) is 5.23. The highest BCUT2D eigenvalue weighted by Gasteiger charge is 2.26. The van der Waals surface area contributed by atoms with Crippen molar-refractivity contribution in [1.29, 1.82) is 0 Å². The Kier molecular flexibility index (Phi) is 3.30. The van der Waals surface area contributed by atoms with Gasteiger partial charge in [0.15, 0.2) is 0 Å². The van der Waals surface area contributed by atoms with E-state index in [4.69, 9.17) is 0 Å². The van der Waals surface area contributed by atoms with Gasteiger partial charge in [0.1, 0.15) is 15.7 Å². The van der Waals surface area contributed by atoms with E-state index in [1.807, 2.05) is 24.0 Å². The standard InChI is InChI=1S/C17H19N3O2S/c1-20-7-6-18-17(20)13-2-3-16-14(10-13)15(11-19-16)12-4-8-23(21,22)9-5-12/h2-3,6-7,10-12,19H,4-5,8-9H2,1H3. The maximum Gasteiger partial charge on any atom is 0.150 e. The molecule has 3 heterocycles. The summed E-state index contributed by atoms with van der Waals surface area (Å²) in [6, 6.07) is 6.30. The molecule has 1 fully saturated rings. The Morgan fingerprint density at radius 1 is 1.26 bits per heavy atom. The first-order valence-corrected chi connectivity index (χ1v) is 9.65. The molecule has 3 aromatic rings. The highest BCUT2D eigenvalue weighted by Crippen LogP contribution is 2.35. The zero-order chi connectivity index (χ0) is 16.0. The molecule has 1 aromatic carbocycles. The lowest BCUT2D eigenvalue weighted by Crippen LogP contribution is -2.21. The van der Waals surface area contributed by atoms with Crippen molar-refractivity contribution in [2.24, 2.45) is 7.05 Å². The summed E-state index contributed by atoms with van der Waals surface area (Å²) in [5.41, 5.74) is 3.40. The molecule has 1 N–H and O–H groups in total. The van der Waals surface area contributed by atoms with Crippen molar-refractivity contribution < 1.29 is 8.42 Å². The van der Waals surface area contributed by atoms with Gasteiger partial charge >= 0.3 is 0 Å². The van der Waals surface area contributed by atoms with Crippen LogP contribution in [0.5, 0.6) is 0 Å². The molecule has 1 aliphatic heterocycles. The lowest BCUT2D eigenvalue weighted by Gasteiger charge is -2.21. The van der Waals surface area contributed by atoms with E-state index in [9.17, 15) is 8.42 Å². The van der Waals surface area contributed by atoms with Crippen LogP contribution in [-0.2, 0) is 16.9 Å². The van der Waals surface area contributed by atoms with Crippen molar-refractivity contribution in [3.05, 3.63) is 42.4 Å². The van der Waals surface area contributed by atoms with Crippen LogP contribution in [0, 0.1) is 0 Å². The summed E-state index contributed by atoms with van der Waals surface area (Å²) in [6.45, 7) is 0. The van der Waals surface area contributed by atoms with Gasteiger partial charge in [-0.3, -0.25) is 0 Å². The van der Waals surface area contributed by atoms with Crippen LogP contribution >= 0.6 is 0 Å². The topological polar surface area (TPSA) is 67.8 Å². The third kappa shape index (κ3) is 2.57. The summed E-state index contributed by atoms with van der Waals surface area (Å²) < 4.78 is 25.3. The van der Waals surface area contributed by atoms with Crippen LogP contribution in [0.1, 0.15) is 24.3 Å². The molecule has 0 spiro atoms. The number of nitrogens with zero attached hydrogens (tertiary/aromatic N) is 2. The Hall–Kier alpha value is -2.08. The van der Waals surface area contributed by atoms with Gasteiger partial charge in [-0.25, -0.2) is 13.4 Å². The molecule has 1 aliphatic rings. The first kappa shape index (κ1) is 14.5. The number of imidazole rings is 1. The normalized spacial score (nSPS) is 18.5. The number of nitrogens with one attached hydrogen (secondary N) is 1. The average Bonchev–Trinajstić information content (AvgIpc) is 3.13. The summed E-state index contributed by atoms with van der Waals surface area (Å²) in [5.74, 6) is 1.83. The largest absolute Gasteiger partial charge is 0.361 e. The summed E-state index contributed by atoms with van der Waals surface area (Å²) in [5, 5.41) is 1.18. The molecule has 1 saturated heterocycles. The molecule has 0 bridgehead atoms. The molecule has 2 aromatic heterocycles. The van der Waals surface area contributed by atoms with E-state index in [1.165, 1.54) is 10.9 Å². The minimum Gasteiger partial charge on any atom is -0.361 e. The number of benzene rings is 1. The van der Waals surface area contributed by atoms with Crippen molar-refractivity contribution in [1.82, 2.24) is 14.5 Å². The Morgan fingerprint density at radius 2 is 2.04 bits per heavy atom. The minimum absolute atomic E-state index is 0.295. The molecule has 0 unspecified atom stereocenters. The summed E-state index contributed by atoms with van der Waals surface area (Å²) in [6.07, 6.45) is 7.19. The van der Waals surface area contributed by atoms with E-state index >= 15 is 0 Å². The molecule has 0 aliphatic carbocycles. The fourth-order valence-electron chi connectivity index (χ4n) is 3.46. The number of H-pyrrole nitrogens is 1. The Labute approximate surface area is 135 Å². The van der Waals surface area contributed by atoms with Gasteiger partial charge in [-0.05, 0) is 42.5 Å². The maximum absolute atomic E-state index is 11.7. The van der Waals surface area contributed by atoms with Crippen LogP contribution in [0.25, 0.3) is 22.3 Å². The molecule has 0 amide bonds. The van der Waals surface area contributed by atoms with Gasteiger partial charge < -0.3 is 9.55 Å². The van der Waals surface area contributed by atoms with Gasteiger partial charge in [-0.15, -0.1) is 0 Å². The van der Waals surface area contributed by atoms with Gasteiger partial charge in [0, 0.05) is 42.1 Å². The van der Waals surface area contributed by atoms with Crippen LogP contribution in [0.3, 0.4) is 0 Å². The zero-order valence-corrected chi connectivity index (χ0v) is 13.8. The van der Waals surface area contributed by atoms with E-state index in [2.05, 4.69) is 28.2 Å². The molecule has 120 valence electrons. The first-order valence-electron chi connectivity index (χ1n) is 7.83. The predicted octanol–water partition coefficient (Wildman–Crippen LogP) is 2.86. The first-order chi connectivity index (χ1) is 11.0. The highest BCUT2D eigenvalue weighted by atomic mass is 32.2. The Morgan fingerprint density at radius 3 is 2.74 bits per heavy atom. The van der Waals surface area contributed by atoms with Crippen LogP contribution in [0.15, 0.2) is 36.8 Å². The monoisotopic (exact) mass is 329 g/mol. The molecule has 0 radical (unpaired) electrons. The second-order valence-electron chi connectivity index (χ2n) is 6.29. The van der Waals surface area contributed by atoms with Crippen LogP contribution in [-0.4, -0.2) is 34.5 Å². The van der Waals surface area contributed by atoms with Crippen molar-refractivity contribution in [3.8, 4) is 11.4 Å².